The standard InChI is InChI=1S/B2O5.4Li/c3-1(4)7-2(5)6;;;;/q-4;4*+1. The van der Waals surface area contributed by atoms with E-state index in [0.717, 1.165) is 0 Å². The Morgan fingerprint density at radius 3 is 0.818 bits per heavy atom. The molecule has 0 saturated carbocycles. The molecule has 11 heteroatoms. The second-order valence-corrected chi connectivity index (χ2v) is 0.713. The van der Waals surface area contributed by atoms with Gasteiger partial charge in [-0.2, -0.15) is 0 Å². The van der Waals surface area contributed by atoms with Crippen LogP contribution in [0.3, 0.4) is 0 Å². The van der Waals surface area contributed by atoms with E-state index in [1.807, 2.05) is 0 Å². The van der Waals surface area contributed by atoms with Gasteiger partial charge in [0.1, 0.15) is 0 Å². The van der Waals surface area contributed by atoms with Gasteiger partial charge in [0.2, 0.25) is 0 Å². The summed E-state index contributed by atoms with van der Waals surface area (Å²) >= 11 is 0. The Morgan fingerprint density at radius 1 is 0.636 bits per heavy atom. The van der Waals surface area contributed by atoms with Crippen LogP contribution >= 0.6 is 0 Å². The fraction of sp³-hybridized carbons (Fsp3) is 0. The Labute approximate surface area is 114 Å². The number of rotatable bonds is 2. The van der Waals surface area contributed by atoms with Gasteiger partial charge in [-0.25, -0.2) is 0 Å². The first kappa shape index (κ1) is 29.2. The molecule has 0 aliphatic heterocycles. The van der Waals surface area contributed by atoms with Crippen molar-refractivity contribution in [1.29, 1.82) is 0 Å². The first-order chi connectivity index (χ1) is 3.13. The van der Waals surface area contributed by atoms with Gasteiger partial charge in [-0.1, -0.05) is 0 Å². The molecule has 0 amide bonds. The van der Waals surface area contributed by atoms with E-state index in [1.165, 1.54) is 0 Å². The normalized spacial score (nSPS) is 5.45. The molecule has 0 saturated heterocycles. The molecule has 5 nitrogen and oxygen atoms in total. The second-order valence-electron chi connectivity index (χ2n) is 0.713. The van der Waals surface area contributed by atoms with Crippen molar-refractivity contribution in [2.75, 3.05) is 0 Å². The molecule has 0 aromatic heterocycles. The van der Waals surface area contributed by atoms with Gasteiger partial charge in [-0.05, 0) is 0 Å². The van der Waals surface area contributed by atoms with E-state index in [4.69, 9.17) is 20.1 Å². The Bertz CT molecular complexity index is 45.7. The molecule has 0 atom stereocenters. The molecule has 0 N–H and O–H groups in total. The van der Waals surface area contributed by atoms with Crippen LogP contribution < -0.4 is 95.5 Å². The molecule has 40 valence electrons. The molecule has 0 radical (unpaired) electrons. The van der Waals surface area contributed by atoms with Crippen LogP contribution in [-0.2, 0) is 4.57 Å². The zero-order chi connectivity index (χ0) is 5.86. The molecule has 0 heterocycles. The Morgan fingerprint density at radius 2 is 0.818 bits per heavy atom. The van der Waals surface area contributed by atoms with Crippen molar-refractivity contribution >= 4 is 14.6 Å². The van der Waals surface area contributed by atoms with E-state index in [-0.39, 0.29) is 75.4 Å². The third kappa shape index (κ3) is 32.9. The van der Waals surface area contributed by atoms with Gasteiger partial charge in [0.05, 0.1) is 0 Å². The fourth-order valence-electron chi connectivity index (χ4n) is 0.0907. The van der Waals surface area contributed by atoms with E-state index < -0.39 is 14.6 Å². The SMILES string of the molecule is [Li+].[Li+].[Li+].[Li+].[O-]B([O-])OB([O-])[O-]. The number of hydrogen-bond acceptors (Lipinski definition) is 5. The second kappa shape index (κ2) is 18.2. The predicted molar refractivity (Wildman–Crippen MR) is 12.6 cm³/mol. The van der Waals surface area contributed by atoms with Crippen LogP contribution in [0.25, 0.3) is 0 Å². The monoisotopic (exact) mass is 130 g/mol. The van der Waals surface area contributed by atoms with E-state index >= 15 is 0 Å². The van der Waals surface area contributed by atoms with Gasteiger partial charge >= 0.3 is 75.4 Å². The molecule has 0 aromatic rings. The third-order valence-corrected chi connectivity index (χ3v) is 0.222. The van der Waals surface area contributed by atoms with Gasteiger partial charge in [-0.3, -0.25) is 0 Å². The minimum atomic E-state index is -2.75. The van der Waals surface area contributed by atoms with E-state index in [2.05, 4.69) is 4.57 Å². The molecule has 0 aromatic carbocycles. The topological polar surface area (TPSA) is 101 Å². The summed E-state index contributed by atoms with van der Waals surface area (Å²) in [7, 11) is -5.50. The molecule has 0 bridgehead atoms. The molecule has 0 unspecified atom stereocenters. The Balaban J connectivity index is -0.0000000300. The van der Waals surface area contributed by atoms with Gasteiger partial charge in [-0.15, -0.1) is 0 Å². The van der Waals surface area contributed by atoms with Crippen molar-refractivity contribution in [1.82, 2.24) is 0 Å². The van der Waals surface area contributed by atoms with Crippen molar-refractivity contribution in [3.63, 3.8) is 0 Å². The maximum Gasteiger partial charge on any atom is 1.00 e. The quantitative estimate of drug-likeness (QED) is 0.345. The van der Waals surface area contributed by atoms with Crippen molar-refractivity contribution < 1.29 is 100 Å². The van der Waals surface area contributed by atoms with Gasteiger partial charge in [0.25, 0.3) is 0 Å². The summed E-state index contributed by atoms with van der Waals surface area (Å²) in [6, 6.07) is 0. The van der Waals surface area contributed by atoms with Crippen LogP contribution in [-0.4, -0.2) is 14.6 Å². The van der Waals surface area contributed by atoms with Gasteiger partial charge in [0.15, 0.2) is 0 Å². The summed E-state index contributed by atoms with van der Waals surface area (Å²) in [5.74, 6) is 0. The molecule has 0 aliphatic carbocycles. The maximum absolute atomic E-state index is 9.16. The van der Waals surface area contributed by atoms with E-state index in [1.54, 1.807) is 0 Å². The Kier molecular flexibility index (Phi) is 48.3. The van der Waals surface area contributed by atoms with Crippen LogP contribution in [0.1, 0.15) is 0 Å². The van der Waals surface area contributed by atoms with Crippen molar-refractivity contribution in [2.45, 2.75) is 0 Å². The summed E-state index contributed by atoms with van der Waals surface area (Å²) in [5.41, 5.74) is 0. The van der Waals surface area contributed by atoms with Gasteiger partial charge < -0.3 is 24.7 Å². The Hall–Kier alpha value is 2.32. The van der Waals surface area contributed by atoms with Crippen molar-refractivity contribution in [3.8, 4) is 0 Å². The van der Waals surface area contributed by atoms with Crippen LogP contribution in [0.4, 0.5) is 0 Å². The van der Waals surface area contributed by atoms with Gasteiger partial charge in [0, 0.05) is 14.6 Å². The first-order valence-electron chi connectivity index (χ1n) is 1.41. The number of hydrogen-bond donors (Lipinski definition) is 0. The fourth-order valence-corrected chi connectivity index (χ4v) is 0.0907. The minimum absolute atomic E-state index is 0. The third-order valence-electron chi connectivity index (χ3n) is 0.222. The maximum atomic E-state index is 9.16. The molecule has 0 aliphatic rings. The average Bonchev–Trinajstić information content (AvgIpc) is 1.27. The van der Waals surface area contributed by atoms with Crippen molar-refractivity contribution in [2.24, 2.45) is 0 Å². The molecule has 11 heavy (non-hydrogen) atoms. The van der Waals surface area contributed by atoms with Crippen LogP contribution in [0.15, 0.2) is 0 Å². The van der Waals surface area contributed by atoms with Crippen molar-refractivity contribution in [3.05, 3.63) is 0 Å². The summed E-state index contributed by atoms with van der Waals surface area (Å²) in [6.07, 6.45) is 0. The van der Waals surface area contributed by atoms with Crippen LogP contribution in [0, 0.1) is 0 Å². The van der Waals surface area contributed by atoms with E-state index in [9.17, 15) is 0 Å². The molecular formula is B2Li4O5. The predicted octanol–water partition coefficient (Wildman–Crippen LogP) is -17.6. The van der Waals surface area contributed by atoms with Crippen LogP contribution in [0.2, 0.25) is 0 Å². The molecular weight excluding hydrogens is 129 g/mol. The first-order valence-corrected chi connectivity index (χ1v) is 1.41. The minimum Gasteiger partial charge on any atom is -0.872 e. The van der Waals surface area contributed by atoms with Crippen LogP contribution in [0.5, 0.6) is 0 Å². The smallest absolute Gasteiger partial charge is 0.872 e. The summed E-state index contributed by atoms with van der Waals surface area (Å²) in [5, 5.41) is 36.6. The summed E-state index contributed by atoms with van der Waals surface area (Å²) in [6.45, 7) is 0. The zero-order valence-electron chi connectivity index (χ0n) is 7.20. The molecule has 0 spiro atoms. The average molecular weight is 129 g/mol. The molecule has 0 rings (SSSR count). The zero-order valence-corrected chi connectivity index (χ0v) is 7.20. The summed E-state index contributed by atoms with van der Waals surface area (Å²) in [4.78, 5) is 0. The largest absolute Gasteiger partial charge is 1.00 e. The van der Waals surface area contributed by atoms with E-state index in [0.29, 0.717) is 0 Å². The summed E-state index contributed by atoms with van der Waals surface area (Å²) < 4.78 is 3.03. The molecule has 0 fully saturated rings.